The van der Waals surface area contributed by atoms with Crippen LogP contribution in [-0.4, -0.2) is 48.2 Å². The van der Waals surface area contributed by atoms with E-state index < -0.39 is 29.9 Å². The van der Waals surface area contributed by atoms with E-state index in [9.17, 15) is 23.1 Å². The molecule has 1 saturated heterocycles. The summed E-state index contributed by atoms with van der Waals surface area (Å²) in [6, 6.07) is -1.36. The molecule has 0 aromatic rings. The minimum atomic E-state index is -4.53. The van der Waals surface area contributed by atoms with Crippen LogP contribution in [0.25, 0.3) is 0 Å². The quantitative estimate of drug-likeness (QED) is 0.727. The molecule has 2 aliphatic rings. The molecule has 0 aromatic carbocycles. The third kappa shape index (κ3) is 3.79. The summed E-state index contributed by atoms with van der Waals surface area (Å²) in [6.45, 7) is -0.0717. The van der Waals surface area contributed by atoms with Crippen LogP contribution in [0.1, 0.15) is 38.5 Å². The van der Waals surface area contributed by atoms with Gasteiger partial charge in [0.1, 0.15) is 5.54 Å². The molecule has 3 N–H and O–H groups in total. The van der Waals surface area contributed by atoms with Gasteiger partial charge in [-0.25, -0.2) is 4.79 Å². The van der Waals surface area contributed by atoms with E-state index in [1.54, 1.807) is 0 Å². The molecule has 5 nitrogen and oxygen atoms in total. The molecular formula is C13H21F3N2O3. The third-order valence-corrected chi connectivity index (χ3v) is 4.29. The van der Waals surface area contributed by atoms with Crippen LogP contribution in [0.4, 0.5) is 18.0 Å². The lowest BCUT2D eigenvalue weighted by molar-refractivity contribution is -0.212. The van der Waals surface area contributed by atoms with E-state index in [0.29, 0.717) is 12.8 Å². The number of nitrogens with one attached hydrogen (secondary N) is 2. The Morgan fingerprint density at radius 3 is 2.38 bits per heavy atom. The summed E-state index contributed by atoms with van der Waals surface area (Å²) < 4.78 is 44.8. The van der Waals surface area contributed by atoms with E-state index in [4.69, 9.17) is 4.74 Å². The Hall–Kier alpha value is -1.02. The van der Waals surface area contributed by atoms with Crippen molar-refractivity contribution in [1.82, 2.24) is 10.6 Å². The predicted molar refractivity (Wildman–Crippen MR) is 68.8 cm³/mol. The van der Waals surface area contributed by atoms with Gasteiger partial charge < -0.3 is 20.5 Å². The van der Waals surface area contributed by atoms with E-state index in [2.05, 4.69) is 10.6 Å². The van der Waals surface area contributed by atoms with Crippen LogP contribution in [0.15, 0.2) is 0 Å². The maximum atomic E-state index is 13.3. The largest absolute Gasteiger partial charge is 0.411 e. The molecule has 2 amide bonds. The molecule has 0 unspecified atom stereocenters. The third-order valence-electron chi connectivity index (χ3n) is 4.29. The number of urea groups is 1. The minimum Gasteiger partial charge on any atom is -0.391 e. The fourth-order valence-electron chi connectivity index (χ4n) is 2.90. The average molecular weight is 310 g/mol. The van der Waals surface area contributed by atoms with Crippen molar-refractivity contribution in [2.45, 2.75) is 62.4 Å². The second-order valence-corrected chi connectivity index (χ2v) is 5.75. The highest BCUT2D eigenvalue weighted by molar-refractivity contribution is 5.75. The van der Waals surface area contributed by atoms with Gasteiger partial charge in [0.05, 0.1) is 12.1 Å². The summed E-state index contributed by atoms with van der Waals surface area (Å²) in [5, 5.41) is 14.3. The molecule has 2 rings (SSSR count). The van der Waals surface area contributed by atoms with Crippen LogP contribution in [0, 0.1) is 0 Å². The molecule has 0 spiro atoms. The Kier molecular flexibility index (Phi) is 4.98. The van der Waals surface area contributed by atoms with Gasteiger partial charge in [0.25, 0.3) is 0 Å². The number of carbonyl (C=O) groups excluding carboxylic acids is 1. The zero-order valence-electron chi connectivity index (χ0n) is 11.7. The van der Waals surface area contributed by atoms with Gasteiger partial charge >= 0.3 is 12.2 Å². The second-order valence-electron chi connectivity index (χ2n) is 5.75. The van der Waals surface area contributed by atoms with Crippen molar-refractivity contribution in [1.29, 1.82) is 0 Å². The lowest BCUT2D eigenvalue weighted by Crippen LogP contribution is -2.64. The maximum absolute atomic E-state index is 13.3. The fraction of sp³-hybridized carbons (Fsp3) is 0.923. The highest BCUT2D eigenvalue weighted by Gasteiger charge is 2.56. The van der Waals surface area contributed by atoms with Crippen LogP contribution in [0.2, 0.25) is 0 Å². The Balaban J connectivity index is 1.98. The van der Waals surface area contributed by atoms with E-state index in [0.717, 1.165) is 12.8 Å². The lowest BCUT2D eigenvalue weighted by atomic mass is 9.89. The monoisotopic (exact) mass is 310 g/mol. The topological polar surface area (TPSA) is 70.6 Å². The van der Waals surface area contributed by atoms with Gasteiger partial charge in [-0.05, 0) is 12.8 Å². The smallest absolute Gasteiger partial charge is 0.391 e. The normalized spacial score (nSPS) is 29.7. The van der Waals surface area contributed by atoms with Crippen LogP contribution < -0.4 is 10.6 Å². The first-order valence-corrected chi connectivity index (χ1v) is 7.25. The van der Waals surface area contributed by atoms with Crippen LogP contribution >= 0.6 is 0 Å². The number of alkyl halides is 3. The zero-order valence-corrected chi connectivity index (χ0v) is 11.7. The highest BCUT2D eigenvalue weighted by atomic mass is 19.4. The van der Waals surface area contributed by atoms with Gasteiger partial charge in [-0.2, -0.15) is 13.2 Å². The summed E-state index contributed by atoms with van der Waals surface area (Å²) >= 11 is 0. The van der Waals surface area contributed by atoms with Gasteiger partial charge in [0.15, 0.2) is 0 Å². The molecule has 0 aromatic heterocycles. The molecule has 1 aliphatic heterocycles. The molecule has 1 saturated carbocycles. The standard InChI is InChI=1S/C13H21F3N2O3/c14-13(15,16)12(5-7-21-8-6-12)18-11(20)17-9-3-1-2-4-10(9)19/h9-10,19H,1-8H2,(H2,17,18,20)/t9-,10-/m0/s1. The molecule has 1 heterocycles. The van der Waals surface area contributed by atoms with E-state index in [-0.39, 0.29) is 26.1 Å². The zero-order chi connectivity index (χ0) is 15.5. The summed E-state index contributed by atoms with van der Waals surface area (Å²) in [6.07, 6.45) is -2.96. The SMILES string of the molecule is O=C(N[C@H]1CCCC[C@@H]1O)NC1(C(F)(F)F)CCOCC1. The van der Waals surface area contributed by atoms with Crippen LogP contribution in [0.5, 0.6) is 0 Å². The number of hydrogen-bond acceptors (Lipinski definition) is 3. The summed E-state index contributed by atoms with van der Waals surface area (Å²) in [4.78, 5) is 11.9. The summed E-state index contributed by atoms with van der Waals surface area (Å²) in [5.74, 6) is 0. The molecule has 0 radical (unpaired) electrons. The summed E-state index contributed by atoms with van der Waals surface area (Å²) in [7, 11) is 0. The first-order chi connectivity index (χ1) is 9.84. The second kappa shape index (κ2) is 6.39. The number of ether oxygens (including phenoxy) is 1. The van der Waals surface area contributed by atoms with Crippen LogP contribution in [0.3, 0.4) is 0 Å². The molecule has 2 fully saturated rings. The van der Waals surface area contributed by atoms with Crippen molar-refractivity contribution in [3.8, 4) is 0 Å². The molecule has 8 heteroatoms. The minimum absolute atomic E-state index is 0.0359. The van der Waals surface area contributed by atoms with Gasteiger partial charge in [-0.15, -0.1) is 0 Å². The fourth-order valence-corrected chi connectivity index (χ4v) is 2.90. The number of aliphatic hydroxyl groups excluding tert-OH is 1. The number of halogens is 3. The maximum Gasteiger partial charge on any atom is 0.411 e. The first-order valence-electron chi connectivity index (χ1n) is 7.25. The lowest BCUT2D eigenvalue weighted by Gasteiger charge is -2.40. The van der Waals surface area contributed by atoms with E-state index in [1.807, 2.05) is 0 Å². The molecule has 122 valence electrons. The molecule has 1 aliphatic carbocycles. The average Bonchev–Trinajstić information content (AvgIpc) is 2.41. The number of rotatable bonds is 2. The Labute approximate surface area is 121 Å². The van der Waals surface area contributed by atoms with Crippen molar-refractivity contribution < 1.29 is 27.8 Å². The number of hydrogen-bond donors (Lipinski definition) is 3. The number of carbonyl (C=O) groups is 1. The Bertz CT molecular complexity index is 370. The van der Waals surface area contributed by atoms with Gasteiger partial charge in [-0.1, -0.05) is 12.8 Å². The van der Waals surface area contributed by atoms with Crippen LogP contribution in [-0.2, 0) is 4.74 Å². The summed E-state index contributed by atoms with van der Waals surface area (Å²) in [5.41, 5.74) is -2.24. The highest BCUT2D eigenvalue weighted by Crippen LogP contribution is 2.38. The van der Waals surface area contributed by atoms with E-state index >= 15 is 0 Å². The number of amides is 2. The predicted octanol–water partition coefficient (Wildman–Crippen LogP) is 1.70. The van der Waals surface area contributed by atoms with Gasteiger partial charge in [0.2, 0.25) is 0 Å². The molecule has 0 bridgehead atoms. The molecular weight excluding hydrogens is 289 g/mol. The first kappa shape index (κ1) is 16.4. The van der Waals surface area contributed by atoms with Crippen molar-refractivity contribution >= 4 is 6.03 Å². The van der Waals surface area contributed by atoms with E-state index in [1.165, 1.54) is 0 Å². The van der Waals surface area contributed by atoms with Crippen molar-refractivity contribution in [3.63, 3.8) is 0 Å². The number of aliphatic hydroxyl groups is 1. The van der Waals surface area contributed by atoms with Gasteiger partial charge in [0, 0.05) is 26.1 Å². The molecule has 21 heavy (non-hydrogen) atoms. The Morgan fingerprint density at radius 1 is 1.19 bits per heavy atom. The van der Waals surface area contributed by atoms with Gasteiger partial charge in [-0.3, -0.25) is 0 Å². The van der Waals surface area contributed by atoms with Crippen molar-refractivity contribution in [3.05, 3.63) is 0 Å². The molecule has 2 atom stereocenters. The Morgan fingerprint density at radius 2 is 1.81 bits per heavy atom. The van der Waals surface area contributed by atoms with Crippen molar-refractivity contribution in [2.75, 3.05) is 13.2 Å². The van der Waals surface area contributed by atoms with Crippen molar-refractivity contribution in [2.24, 2.45) is 0 Å².